The van der Waals surface area contributed by atoms with Gasteiger partial charge in [0.2, 0.25) is 0 Å². The van der Waals surface area contributed by atoms with Crippen LogP contribution in [-0.2, 0) is 57.1 Å². The molecule has 0 saturated carbocycles. The molecule has 0 aliphatic carbocycles. The number of carbonyl (C=O) groups excluding carboxylic acids is 4. The third kappa shape index (κ3) is 10.6. The van der Waals surface area contributed by atoms with Crippen LogP contribution in [0, 0.1) is 0 Å². The molecule has 0 radical (unpaired) electrons. The van der Waals surface area contributed by atoms with E-state index in [2.05, 4.69) is 16.1 Å². The fourth-order valence-corrected chi connectivity index (χ4v) is 6.02. The normalized spacial score (nSPS) is 34.1. The molecule has 3 aliphatic heterocycles. The van der Waals surface area contributed by atoms with Crippen LogP contribution in [0.15, 0.2) is 12.7 Å². The van der Waals surface area contributed by atoms with Crippen LogP contribution < -0.4 is 10.6 Å². The zero-order chi connectivity index (χ0) is 41.9. The van der Waals surface area contributed by atoms with Crippen LogP contribution in [-0.4, -0.2) is 174 Å². The van der Waals surface area contributed by atoms with E-state index in [0.717, 1.165) is 20.3 Å². The third-order valence-electron chi connectivity index (χ3n) is 8.65. The average Bonchev–Trinajstić information content (AvgIpc) is 3.48. The van der Waals surface area contributed by atoms with E-state index >= 15 is 0 Å². The van der Waals surface area contributed by atoms with Crippen LogP contribution in [0.2, 0.25) is 0 Å². The first-order chi connectivity index (χ1) is 25.3. The van der Waals surface area contributed by atoms with Crippen molar-refractivity contribution in [2.24, 2.45) is 0 Å². The molecule has 316 valence electrons. The van der Waals surface area contributed by atoms with Crippen molar-refractivity contribution in [3.8, 4) is 0 Å². The molecule has 25 heteroatoms. The Hall–Kier alpha value is -3.24. The smallest absolute Gasteiger partial charge is 0.465 e. The van der Waals surface area contributed by atoms with Gasteiger partial charge in [0.1, 0.15) is 36.6 Å². The van der Waals surface area contributed by atoms with Gasteiger partial charge in [-0.15, -0.1) is 6.58 Å². The molecule has 0 bridgehead atoms. The summed E-state index contributed by atoms with van der Waals surface area (Å²) in [6, 6.07) is -4.38. The van der Waals surface area contributed by atoms with Gasteiger partial charge in [-0.2, -0.15) is 26.3 Å². The lowest BCUT2D eigenvalue weighted by atomic mass is 9.88. The molecule has 3 saturated heterocycles. The first kappa shape index (κ1) is 46.1. The van der Waals surface area contributed by atoms with Crippen LogP contribution in [0.4, 0.5) is 26.3 Å². The number of hydrogen-bond acceptors (Lipinski definition) is 17. The van der Waals surface area contributed by atoms with E-state index in [-0.39, 0.29) is 0 Å². The lowest BCUT2D eigenvalue weighted by molar-refractivity contribution is -0.326. The van der Waals surface area contributed by atoms with Gasteiger partial charge in [-0.25, -0.2) is 9.59 Å². The van der Waals surface area contributed by atoms with E-state index in [0.29, 0.717) is 0 Å². The minimum absolute atomic E-state index is 0.413. The maximum absolute atomic E-state index is 13.3. The van der Waals surface area contributed by atoms with Crippen LogP contribution in [0.5, 0.6) is 0 Å². The molecule has 3 aliphatic rings. The molecular weight excluding hydrogens is 774 g/mol. The number of rotatable bonds is 14. The van der Waals surface area contributed by atoms with Crippen LogP contribution in [0.25, 0.3) is 0 Å². The summed E-state index contributed by atoms with van der Waals surface area (Å²) < 4.78 is 122. The van der Waals surface area contributed by atoms with Crippen LogP contribution in [0.3, 0.4) is 0 Å². The topological polar surface area (TPSA) is 267 Å². The number of aliphatic hydroxyl groups is 5. The highest BCUT2D eigenvalue weighted by Crippen LogP contribution is 2.38. The van der Waals surface area contributed by atoms with Crippen molar-refractivity contribution in [2.45, 2.75) is 117 Å². The SMILES string of the molecule is C=CCO[C@]1(C(=O)OC)C[C@H](O)[C@@H](NC(=O)C(F)(F)F)[C@H]([C@H](O)[C@H](O)CO[C@]2(C(=O)OC)C[C@H](O)[C@@H](NC(=O)C(F)(F)F)[C@H]([C@H](O)[C@H]3COC(C)(C)O3)O2)O1. The molecule has 3 heterocycles. The van der Waals surface area contributed by atoms with Crippen molar-refractivity contribution in [3.05, 3.63) is 12.7 Å². The van der Waals surface area contributed by atoms with Gasteiger partial charge < -0.3 is 74.1 Å². The molecule has 3 rings (SSSR count). The lowest BCUT2D eigenvalue weighted by Gasteiger charge is -2.48. The predicted molar refractivity (Wildman–Crippen MR) is 161 cm³/mol. The number of nitrogens with one attached hydrogen (secondary N) is 2. The van der Waals surface area contributed by atoms with E-state index in [1.54, 1.807) is 0 Å². The number of ether oxygens (including phenoxy) is 8. The molecule has 19 nitrogen and oxygen atoms in total. The maximum atomic E-state index is 13.3. The molecular formula is C30H42F6N2O17. The summed E-state index contributed by atoms with van der Waals surface area (Å²) in [6.07, 6.45) is -29.7. The molecule has 0 unspecified atom stereocenters. The number of methoxy groups -OCH3 is 2. The van der Waals surface area contributed by atoms with Gasteiger partial charge >= 0.3 is 36.1 Å². The highest BCUT2D eigenvalue weighted by molar-refractivity contribution is 5.83. The summed E-state index contributed by atoms with van der Waals surface area (Å²) in [6.45, 7) is 3.89. The van der Waals surface area contributed by atoms with Gasteiger partial charge in [-0.3, -0.25) is 9.59 Å². The molecule has 7 N–H and O–H groups in total. The molecule has 2 amide bonds. The van der Waals surface area contributed by atoms with E-state index in [9.17, 15) is 71.1 Å². The van der Waals surface area contributed by atoms with Crippen molar-refractivity contribution < 1.29 is 109 Å². The number of carbonyl (C=O) groups is 4. The number of esters is 2. The lowest BCUT2D eigenvalue weighted by Crippen LogP contribution is -2.70. The predicted octanol–water partition coefficient (Wildman–Crippen LogP) is -2.43. The van der Waals surface area contributed by atoms with Gasteiger partial charge in [-0.05, 0) is 13.8 Å². The number of halogens is 6. The quantitative estimate of drug-likeness (QED) is 0.0546. The third-order valence-corrected chi connectivity index (χ3v) is 8.65. The van der Waals surface area contributed by atoms with Gasteiger partial charge in [0, 0.05) is 12.8 Å². The summed E-state index contributed by atoms with van der Waals surface area (Å²) in [5.41, 5.74) is 0. The maximum Gasteiger partial charge on any atom is 0.471 e. The van der Waals surface area contributed by atoms with Crippen molar-refractivity contribution in [1.82, 2.24) is 10.6 Å². The Labute approximate surface area is 307 Å². The van der Waals surface area contributed by atoms with Crippen molar-refractivity contribution >= 4 is 23.8 Å². The van der Waals surface area contributed by atoms with Crippen molar-refractivity contribution in [2.75, 3.05) is 34.0 Å². The number of alkyl halides is 6. The number of amides is 2. The first-order valence-corrected chi connectivity index (χ1v) is 16.2. The molecule has 55 heavy (non-hydrogen) atoms. The Morgan fingerprint density at radius 3 is 1.69 bits per heavy atom. The van der Waals surface area contributed by atoms with Gasteiger partial charge in [0.05, 0.1) is 58.3 Å². The fourth-order valence-electron chi connectivity index (χ4n) is 6.02. The van der Waals surface area contributed by atoms with Crippen molar-refractivity contribution in [3.63, 3.8) is 0 Å². The summed E-state index contributed by atoms with van der Waals surface area (Å²) in [5.74, 6) is -15.2. The second kappa shape index (κ2) is 17.5. The minimum atomic E-state index is -5.55. The Morgan fingerprint density at radius 2 is 1.27 bits per heavy atom. The van der Waals surface area contributed by atoms with E-state index in [4.69, 9.17) is 28.4 Å². The second-order valence-corrected chi connectivity index (χ2v) is 13.0. The molecule has 12 atom stereocenters. The molecule has 0 spiro atoms. The molecule has 0 aromatic heterocycles. The minimum Gasteiger partial charge on any atom is -0.465 e. The van der Waals surface area contributed by atoms with E-state index in [1.807, 2.05) is 0 Å². The average molecular weight is 817 g/mol. The molecule has 3 fully saturated rings. The largest absolute Gasteiger partial charge is 0.471 e. The monoisotopic (exact) mass is 816 g/mol. The first-order valence-electron chi connectivity index (χ1n) is 16.2. The number of hydrogen-bond donors (Lipinski definition) is 7. The fraction of sp³-hybridized carbons (Fsp3) is 0.800. The zero-order valence-corrected chi connectivity index (χ0v) is 29.5. The van der Waals surface area contributed by atoms with Crippen LogP contribution >= 0.6 is 0 Å². The standard InChI is InChI=1S/C30H42F6N2O17/c1-6-7-50-27(24(46)48-4)8-12(39)16(37-22(44)29(31,32)33)20(54-27)18(42)14(41)10-52-28(25(47)49-5)9-13(40)17(38-23(45)30(34,35)36)21(55-28)19(43)15-11-51-26(2,3)53-15/h6,12-21,39-43H,1,7-11H2,2-5H3,(H,37,44)(H,38,45)/t12-,13-,14+,15+,16+,17+,18+,19+,20+,21+,27+,28+/m0/s1. The summed E-state index contributed by atoms with van der Waals surface area (Å²) in [7, 11) is 1.60. The number of aliphatic hydroxyl groups excluding tert-OH is 5. The zero-order valence-electron chi connectivity index (χ0n) is 29.5. The second-order valence-electron chi connectivity index (χ2n) is 13.0. The Balaban J connectivity index is 1.99. The van der Waals surface area contributed by atoms with Gasteiger partial charge in [0.15, 0.2) is 5.79 Å². The van der Waals surface area contributed by atoms with Gasteiger partial charge in [-0.1, -0.05) is 6.08 Å². The summed E-state index contributed by atoms with van der Waals surface area (Å²) in [4.78, 5) is 49.8. The molecule has 0 aromatic rings. The van der Waals surface area contributed by atoms with E-state index in [1.165, 1.54) is 24.5 Å². The Morgan fingerprint density at radius 1 is 0.818 bits per heavy atom. The highest BCUT2D eigenvalue weighted by Gasteiger charge is 2.60. The Bertz CT molecular complexity index is 1400. The highest BCUT2D eigenvalue weighted by atomic mass is 19.4. The van der Waals surface area contributed by atoms with Crippen LogP contribution in [0.1, 0.15) is 26.7 Å². The van der Waals surface area contributed by atoms with Gasteiger partial charge in [0.25, 0.3) is 11.6 Å². The molecule has 0 aromatic carbocycles. The summed E-state index contributed by atoms with van der Waals surface area (Å²) >= 11 is 0. The summed E-state index contributed by atoms with van der Waals surface area (Å²) in [5, 5.41) is 58.2. The van der Waals surface area contributed by atoms with Crippen molar-refractivity contribution in [1.29, 1.82) is 0 Å². The van der Waals surface area contributed by atoms with E-state index < -0.39 is 147 Å². The Kier molecular flexibility index (Phi) is 14.7.